The predicted molar refractivity (Wildman–Crippen MR) is 158 cm³/mol. The molecule has 0 spiro atoms. The molecule has 3 aromatic carbocycles. The number of rotatable bonds is 8. The summed E-state index contributed by atoms with van der Waals surface area (Å²) in [5.41, 5.74) is 5.34. The van der Waals surface area contributed by atoms with Crippen LogP contribution in [0.15, 0.2) is 66.7 Å². The lowest BCUT2D eigenvalue weighted by Crippen LogP contribution is -2.58. The number of fused-ring (bicyclic) bond motifs is 2. The number of carbonyl (C=O) groups is 2. The predicted octanol–water partition coefficient (Wildman–Crippen LogP) is 4.79. The van der Waals surface area contributed by atoms with Crippen molar-refractivity contribution in [1.29, 1.82) is 0 Å². The van der Waals surface area contributed by atoms with Crippen molar-refractivity contribution in [2.75, 3.05) is 13.0 Å². The van der Waals surface area contributed by atoms with E-state index < -0.39 is 22.9 Å². The van der Waals surface area contributed by atoms with E-state index in [1.54, 1.807) is 36.6 Å². The Balaban J connectivity index is 1.35. The van der Waals surface area contributed by atoms with Gasteiger partial charge >= 0.3 is 0 Å². The number of carbonyl (C=O) groups excluding carboxylic acids is 2. The standard InChI is InChI=1S/C31H32ClN3O6S/c1-42(38)34-24-8-4-5-9-25(24)35-29(20-11-13-21(32)14-12-20)28(22-6-2-3-7-23(22)31(35)37)30(36)33-41-17-19-10-15-26-27(16-19)40-18-39-26/h2-3,6-7,10-16,24-25,28-29,34H,4-5,8-9,17-18H2,1H3,(H,33,36)/t24-,25?,28+,29-,42?/m0/s1. The van der Waals surface area contributed by atoms with Crippen LogP contribution in [0.5, 0.6) is 11.5 Å². The van der Waals surface area contributed by atoms with E-state index in [9.17, 15) is 13.8 Å². The first-order chi connectivity index (χ1) is 20.4. The van der Waals surface area contributed by atoms with Crippen molar-refractivity contribution in [1.82, 2.24) is 15.1 Å². The van der Waals surface area contributed by atoms with Crippen molar-refractivity contribution in [2.24, 2.45) is 0 Å². The summed E-state index contributed by atoms with van der Waals surface area (Å²) in [6.07, 6.45) is 4.99. The molecule has 3 aliphatic rings. The summed E-state index contributed by atoms with van der Waals surface area (Å²) < 4.78 is 26.3. The van der Waals surface area contributed by atoms with Crippen molar-refractivity contribution in [3.8, 4) is 11.5 Å². The van der Waals surface area contributed by atoms with Crippen LogP contribution in [0, 0.1) is 0 Å². The van der Waals surface area contributed by atoms with Gasteiger partial charge in [-0.25, -0.2) is 14.4 Å². The van der Waals surface area contributed by atoms with Gasteiger partial charge in [-0.15, -0.1) is 0 Å². The maximum Gasteiger partial charge on any atom is 0.255 e. The van der Waals surface area contributed by atoms with E-state index in [1.807, 2.05) is 41.3 Å². The maximum atomic E-state index is 14.3. The highest BCUT2D eigenvalue weighted by molar-refractivity contribution is 7.82. The van der Waals surface area contributed by atoms with Crippen LogP contribution in [0.2, 0.25) is 5.02 Å². The van der Waals surface area contributed by atoms with Crippen molar-refractivity contribution >= 4 is 34.4 Å². The first-order valence-corrected chi connectivity index (χ1v) is 15.9. The largest absolute Gasteiger partial charge is 0.454 e. The second-order valence-corrected chi connectivity index (χ2v) is 12.3. The van der Waals surface area contributed by atoms with E-state index in [0.717, 1.165) is 36.8 Å². The highest BCUT2D eigenvalue weighted by atomic mass is 35.5. The first-order valence-electron chi connectivity index (χ1n) is 14.0. The molecule has 42 heavy (non-hydrogen) atoms. The zero-order valence-corrected chi connectivity index (χ0v) is 24.7. The van der Waals surface area contributed by atoms with Gasteiger partial charge in [-0.05, 0) is 59.9 Å². The minimum absolute atomic E-state index is 0.113. The fourth-order valence-electron chi connectivity index (χ4n) is 6.29. The summed E-state index contributed by atoms with van der Waals surface area (Å²) in [4.78, 5) is 35.9. The summed E-state index contributed by atoms with van der Waals surface area (Å²) in [5, 5.41) is 0.555. The third kappa shape index (κ3) is 5.76. The molecule has 2 amide bonds. The van der Waals surface area contributed by atoms with Gasteiger partial charge in [0.15, 0.2) is 11.5 Å². The Morgan fingerprint density at radius 2 is 1.81 bits per heavy atom. The fourth-order valence-corrected chi connectivity index (χ4v) is 7.12. The van der Waals surface area contributed by atoms with Crippen LogP contribution in [0.25, 0.3) is 0 Å². The topological polar surface area (TPSA) is 106 Å². The number of halogens is 1. The molecule has 9 nitrogen and oxygen atoms in total. The molecular weight excluding hydrogens is 578 g/mol. The van der Waals surface area contributed by atoms with Crippen LogP contribution in [0.3, 0.4) is 0 Å². The molecule has 1 aliphatic carbocycles. The number of benzene rings is 3. The molecule has 2 unspecified atom stereocenters. The molecular formula is C31H32ClN3O6S. The molecule has 0 bridgehead atoms. The fraction of sp³-hybridized carbons (Fsp3) is 0.355. The Morgan fingerprint density at radius 1 is 1.05 bits per heavy atom. The van der Waals surface area contributed by atoms with Gasteiger partial charge in [-0.3, -0.25) is 14.4 Å². The Morgan fingerprint density at radius 3 is 2.62 bits per heavy atom. The SMILES string of the molecule is CS(=O)N[C@H]1CCCCC1N1C(=O)c2ccccc2[C@@H](C(=O)NOCc2ccc3c(c2)OCO3)[C@@H]1c1ccc(Cl)cc1. The average Bonchev–Trinajstić information content (AvgIpc) is 3.46. The highest BCUT2D eigenvalue weighted by Crippen LogP contribution is 2.46. The van der Waals surface area contributed by atoms with E-state index in [0.29, 0.717) is 27.6 Å². The number of nitrogens with one attached hydrogen (secondary N) is 2. The summed E-state index contributed by atoms with van der Waals surface area (Å²) in [7, 11) is -1.27. The molecule has 2 heterocycles. The smallest absolute Gasteiger partial charge is 0.255 e. The third-order valence-electron chi connectivity index (χ3n) is 8.12. The molecule has 6 rings (SSSR count). The molecule has 11 heteroatoms. The number of amides is 2. The number of hydroxylamine groups is 1. The lowest BCUT2D eigenvalue weighted by molar-refractivity contribution is -0.138. The van der Waals surface area contributed by atoms with Gasteiger partial charge in [0, 0.05) is 28.9 Å². The van der Waals surface area contributed by atoms with E-state index in [-0.39, 0.29) is 37.3 Å². The van der Waals surface area contributed by atoms with Gasteiger partial charge in [-0.1, -0.05) is 60.8 Å². The Labute approximate surface area is 252 Å². The molecule has 1 saturated carbocycles. The molecule has 0 saturated heterocycles. The van der Waals surface area contributed by atoms with Crippen LogP contribution >= 0.6 is 11.6 Å². The molecule has 0 radical (unpaired) electrons. The zero-order chi connectivity index (χ0) is 29.2. The zero-order valence-electron chi connectivity index (χ0n) is 23.1. The minimum atomic E-state index is -1.27. The van der Waals surface area contributed by atoms with Crippen LogP contribution in [-0.4, -0.2) is 46.1 Å². The van der Waals surface area contributed by atoms with Gasteiger partial charge in [0.25, 0.3) is 11.8 Å². The Bertz CT molecular complexity index is 1500. The molecule has 3 aromatic rings. The van der Waals surface area contributed by atoms with Gasteiger partial charge in [-0.2, -0.15) is 0 Å². The van der Waals surface area contributed by atoms with E-state index in [4.69, 9.17) is 25.9 Å². The van der Waals surface area contributed by atoms with Crippen LogP contribution in [0.4, 0.5) is 0 Å². The Hall–Kier alpha value is -3.44. The van der Waals surface area contributed by atoms with Crippen LogP contribution in [0.1, 0.15) is 64.7 Å². The lowest BCUT2D eigenvalue weighted by atomic mass is 9.76. The van der Waals surface area contributed by atoms with E-state index in [1.165, 1.54) is 0 Å². The van der Waals surface area contributed by atoms with Crippen LogP contribution in [-0.2, 0) is 27.2 Å². The van der Waals surface area contributed by atoms with Gasteiger partial charge in [0.2, 0.25) is 6.79 Å². The normalized spacial score (nSPS) is 23.8. The highest BCUT2D eigenvalue weighted by Gasteiger charge is 2.48. The van der Waals surface area contributed by atoms with Crippen molar-refractivity contribution < 1.29 is 28.1 Å². The van der Waals surface area contributed by atoms with Crippen molar-refractivity contribution in [3.05, 3.63) is 94.0 Å². The number of hydrogen-bond acceptors (Lipinski definition) is 6. The Kier molecular flexibility index (Phi) is 8.48. The summed E-state index contributed by atoms with van der Waals surface area (Å²) in [5.74, 6) is -0.00755. The van der Waals surface area contributed by atoms with E-state index in [2.05, 4.69) is 10.2 Å². The maximum absolute atomic E-state index is 14.3. The lowest BCUT2D eigenvalue weighted by Gasteiger charge is -2.49. The quantitative estimate of drug-likeness (QED) is 0.356. The molecule has 0 aromatic heterocycles. The number of nitrogens with zero attached hydrogens (tertiary/aromatic N) is 1. The van der Waals surface area contributed by atoms with Gasteiger partial charge in [0.05, 0.1) is 29.6 Å². The van der Waals surface area contributed by atoms with E-state index >= 15 is 0 Å². The number of ether oxygens (including phenoxy) is 2. The summed E-state index contributed by atoms with van der Waals surface area (Å²) >= 11 is 6.25. The molecule has 5 atom stereocenters. The molecule has 2 aliphatic heterocycles. The second-order valence-electron chi connectivity index (χ2n) is 10.7. The summed E-state index contributed by atoms with van der Waals surface area (Å²) in [6, 6.07) is 18.9. The van der Waals surface area contributed by atoms with Crippen molar-refractivity contribution in [3.63, 3.8) is 0 Å². The van der Waals surface area contributed by atoms with Crippen molar-refractivity contribution in [2.45, 2.75) is 56.3 Å². The molecule has 2 N–H and O–H groups in total. The van der Waals surface area contributed by atoms with Gasteiger partial charge in [0.1, 0.15) is 0 Å². The second kappa shape index (κ2) is 12.4. The molecule has 220 valence electrons. The molecule has 1 fully saturated rings. The first kappa shape index (κ1) is 28.7. The van der Waals surface area contributed by atoms with Crippen LogP contribution < -0.4 is 19.7 Å². The monoisotopic (exact) mass is 609 g/mol. The van der Waals surface area contributed by atoms with Gasteiger partial charge < -0.3 is 14.4 Å². The number of hydrogen-bond donors (Lipinski definition) is 2. The minimum Gasteiger partial charge on any atom is -0.454 e. The summed E-state index contributed by atoms with van der Waals surface area (Å²) in [6.45, 7) is 0.284. The average molecular weight is 610 g/mol. The third-order valence-corrected chi connectivity index (χ3v) is 9.01.